The monoisotopic (exact) mass is 260 g/mol. The molecule has 6 nitrogen and oxygen atoms in total. The highest BCUT2D eigenvalue weighted by molar-refractivity contribution is 7.80. The zero-order valence-electron chi connectivity index (χ0n) is 9.64. The van der Waals surface area contributed by atoms with Gasteiger partial charge in [0.2, 0.25) is 0 Å². The Labute approximate surface area is 105 Å². The highest BCUT2D eigenvalue weighted by Gasteiger charge is 2.34. The molecule has 17 heavy (non-hydrogen) atoms. The molecule has 1 aliphatic heterocycles. The van der Waals surface area contributed by atoms with Crippen molar-refractivity contribution in [2.75, 3.05) is 20.3 Å². The molecule has 0 aromatic rings. The van der Waals surface area contributed by atoms with E-state index in [1.54, 1.807) is 7.11 Å². The Morgan fingerprint density at radius 3 is 2.94 bits per heavy atom. The number of carboxylic acids is 1. The maximum Gasteiger partial charge on any atom is 0.303 e. The number of ether oxygens (including phenoxy) is 1. The maximum atomic E-state index is 11.9. The fourth-order valence-corrected chi connectivity index (χ4v) is 1.94. The summed E-state index contributed by atoms with van der Waals surface area (Å²) in [5, 5.41) is 11.8. The molecule has 1 atom stereocenters. The maximum absolute atomic E-state index is 11.9. The Kier molecular flexibility index (Phi) is 5.30. The fraction of sp³-hybridized carbons (Fsp3) is 0.700. The molecule has 0 saturated carbocycles. The molecule has 0 radical (unpaired) electrons. The van der Waals surface area contributed by atoms with E-state index in [1.807, 2.05) is 0 Å². The van der Waals surface area contributed by atoms with Gasteiger partial charge in [-0.3, -0.25) is 14.5 Å². The first-order chi connectivity index (χ1) is 8.06. The minimum atomic E-state index is -0.914. The van der Waals surface area contributed by atoms with Crippen LogP contribution in [0.25, 0.3) is 0 Å². The lowest BCUT2D eigenvalue weighted by atomic mass is 10.1. The molecule has 0 bridgehead atoms. The summed E-state index contributed by atoms with van der Waals surface area (Å²) in [4.78, 5) is 23.8. The minimum Gasteiger partial charge on any atom is -0.481 e. The molecule has 96 valence electrons. The standard InChI is InChI=1S/C10H16N2O4S/c1-16-6-2-5-12-9(15)7(11-10(12)17)3-4-8(13)14/h7H,2-6H2,1H3,(H,11,17)(H,13,14)/t7-/m0/s1. The van der Waals surface area contributed by atoms with Crippen LogP contribution in [0.4, 0.5) is 0 Å². The number of thiocarbonyl (C=S) groups is 1. The predicted octanol–water partition coefficient (Wildman–Crippen LogP) is -0.0270. The summed E-state index contributed by atoms with van der Waals surface area (Å²) in [6.45, 7) is 1.06. The molecule has 1 saturated heterocycles. The van der Waals surface area contributed by atoms with Crippen molar-refractivity contribution in [3.8, 4) is 0 Å². The number of nitrogens with zero attached hydrogens (tertiary/aromatic N) is 1. The van der Waals surface area contributed by atoms with E-state index in [-0.39, 0.29) is 18.7 Å². The Morgan fingerprint density at radius 1 is 1.65 bits per heavy atom. The van der Waals surface area contributed by atoms with Gasteiger partial charge in [0, 0.05) is 26.7 Å². The summed E-state index contributed by atoms with van der Waals surface area (Å²) in [7, 11) is 1.60. The Hall–Kier alpha value is -1.21. The summed E-state index contributed by atoms with van der Waals surface area (Å²) >= 11 is 5.03. The first kappa shape index (κ1) is 13.9. The SMILES string of the molecule is COCCCN1C(=O)[C@H](CCC(=O)O)NC1=S. The van der Waals surface area contributed by atoms with Crippen LogP contribution in [0, 0.1) is 0 Å². The molecule has 1 rings (SSSR count). The van der Waals surface area contributed by atoms with Crippen molar-refractivity contribution in [2.24, 2.45) is 0 Å². The number of carbonyl (C=O) groups excluding carboxylic acids is 1. The molecule has 1 aliphatic rings. The van der Waals surface area contributed by atoms with Gasteiger partial charge in [0.05, 0.1) is 0 Å². The molecule has 0 aromatic heterocycles. The smallest absolute Gasteiger partial charge is 0.303 e. The second-order valence-electron chi connectivity index (χ2n) is 3.77. The molecule has 0 unspecified atom stereocenters. The lowest BCUT2D eigenvalue weighted by molar-refractivity contribution is -0.137. The van der Waals surface area contributed by atoms with Gasteiger partial charge in [0.25, 0.3) is 5.91 Å². The third-order valence-corrected chi connectivity index (χ3v) is 2.82. The van der Waals surface area contributed by atoms with Gasteiger partial charge in [-0.25, -0.2) is 0 Å². The molecule has 0 aromatic carbocycles. The number of hydrogen-bond acceptors (Lipinski definition) is 4. The minimum absolute atomic E-state index is 0.0437. The van der Waals surface area contributed by atoms with E-state index in [4.69, 9.17) is 22.1 Å². The Balaban J connectivity index is 2.44. The van der Waals surface area contributed by atoms with Crippen molar-refractivity contribution in [1.82, 2.24) is 10.2 Å². The van der Waals surface area contributed by atoms with Crippen molar-refractivity contribution >= 4 is 29.2 Å². The first-order valence-corrected chi connectivity index (χ1v) is 5.79. The number of carboxylic acid groups (broad SMARTS) is 1. The van der Waals surface area contributed by atoms with Gasteiger partial charge in [0.1, 0.15) is 6.04 Å². The first-order valence-electron chi connectivity index (χ1n) is 5.39. The molecule has 0 aliphatic carbocycles. The topological polar surface area (TPSA) is 78.9 Å². The van der Waals surface area contributed by atoms with Gasteiger partial charge in [-0.15, -0.1) is 0 Å². The second kappa shape index (κ2) is 6.51. The second-order valence-corrected chi connectivity index (χ2v) is 4.16. The van der Waals surface area contributed by atoms with Gasteiger partial charge < -0.3 is 15.2 Å². The van der Waals surface area contributed by atoms with E-state index in [1.165, 1.54) is 4.90 Å². The van der Waals surface area contributed by atoms with Crippen molar-refractivity contribution in [1.29, 1.82) is 0 Å². The van der Waals surface area contributed by atoms with Crippen LogP contribution in [-0.2, 0) is 14.3 Å². The van der Waals surface area contributed by atoms with Gasteiger partial charge in [0.15, 0.2) is 5.11 Å². The number of rotatable bonds is 7. The van der Waals surface area contributed by atoms with Crippen molar-refractivity contribution in [2.45, 2.75) is 25.3 Å². The number of carbonyl (C=O) groups is 2. The molecule has 1 fully saturated rings. The highest BCUT2D eigenvalue weighted by atomic mass is 32.1. The van der Waals surface area contributed by atoms with Crippen molar-refractivity contribution in [3.63, 3.8) is 0 Å². The average Bonchev–Trinajstić information content (AvgIpc) is 2.53. The zero-order valence-corrected chi connectivity index (χ0v) is 10.5. The van der Waals surface area contributed by atoms with Crippen LogP contribution in [0.5, 0.6) is 0 Å². The van der Waals surface area contributed by atoms with Gasteiger partial charge >= 0.3 is 5.97 Å². The molecule has 1 heterocycles. The number of aliphatic carboxylic acids is 1. The van der Waals surface area contributed by atoms with Crippen LogP contribution in [0.1, 0.15) is 19.3 Å². The van der Waals surface area contributed by atoms with E-state index >= 15 is 0 Å². The van der Waals surface area contributed by atoms with Gasteiger partial charge in [-0.1, -0.05) is 0 Å². The number of methoxy groups -OCH3 is 1. The van der Waals surface area contributed by atoms with Crippen LogP contribution >= 0.6 is 12.2 Å². The third-order valence-electron chi connectivity index (χ3n) is 2.48. The molecule has 1 amide bonds. The molecule has 2 N–H and O–H groups in total. The van der Waals surface area contributed by atoms with E-state index < -0.39 is 12.0 Å². The summed E-state index contributed by atoms with van der Waals surface area (Å²) in [6, 6.07) is -0.499. The number of amides is 1. The van der Waals surface area contributed by atoms with Crippen LogP contribution in [0.2, 0.25) is 0 Å². The van der Waals surface area contributed by atoms with Crippen molar-refractivity contribution in [3.05, 3.63) is 0 Å². The van der Waals surface area contributed by atoms with Crippen LogP contribution in [0.3, 0.4) is 0 Å². The van der Waals surface area contributed by atoms with E-state index in [9.17, 15) is 9.59 Å². The van der Waals surface area contributed by atoms with Crippen molar-refractivity contribution < 1.29 is 19.4 Å². The fourth-order valence-electron chi connectivity index (χ4n) is 1.62. The quantitative estimate of drug-likeness (QED) is 0.494. The average molecular weight is 260 g/mol. The number of hydrogen-bond donors (Lipinski definition) is 2. The van der Waals surface area contributed by atoms with E-state index in [0.717, 1.165) is 0 Å². The molecular weight excluding hydrogens is 244 g/mol. The molecule has 0 spiro atoms. The zero-order chi connectivity index (χ0) is 12.8. The lowest BCUT2D eigenvalue weighted by Crippen LogP contribution is -2.32. The normalized spacial score (nSPS) is 19.6. The van der Waals surface area contributed by atoms with Crippen LogP contribution in [0.15, 0.2) is 0 Å². The summed E-state index contributed by atoms with van der Waals surface area (Å²) in [5.74, 6) is -1.06. The van der Waals surface area contributed by atoms with Gasteiger partial charge in [-0.05, 0) is 25.1 Å². The molecule has 7 heteroatoms. The Bertz CT molecular complexity index is 321. The van der Waals surface area contributed by atoms with Crippen LogP contribution < -0.4 is 5.32 Å². The largest absolute Gasteiger partial charge is 0.481 e. The van der Waals surface area contributed by atoms with E-state index in [2.05, 4.69) is 5.32 Å². The summed E-state index contributed by atoms with van der Waals surface area (Å²) in [5.41, 5.74) is 0. The van der Waals surface area contributed by atoms with E-state index in [0.29, 0.717) is 24.7 Å². The van der Waals surface area contributed by atoms with Gasteiger partial charge in [-0.2, -0.15) is 0 Å². The third kappa shape index (κ3) is 3.94. The number of nitrogens with one attached hydrogen (secondary N) is 1. The summed E-state index contributed by atoms with van der Waals surface area (Å²) in [6.07, 6.45) is 0.919. The Morgan fingerprint density at radius 2 is 2.35 bits per heavy atom. The molecular formula is C10H16N2O4S. The summed E-state index contributed by atoms with van der Waals surface area (Å²) < 4.78 is 4.90. The predicted molar refractivity (Wildman–Crippen MR) is 64.6 cm³/mol. The highest BCUT2D eigenvalue weighted by Crippen LogP contribution is 2.11. The lowest BCUT2D eigenvalue weighted by Gasteiger charge is -2.14. The van der Waals surface area contributed by atoms with Crippen LogP contribution in [-0.4, -0.2) is 53.3 Å².